The van der Waals surface area contributed by atoms with Gasteiger partial charge in [0.2, 0.25) is 0 Å². The molecule has 0 aliphatic heterocycles. The van der Waals surface area contributed by atoms with Crippen molar-refractivity contribution in [3.05, 3.63) is 34.9 Å². The Hall–Kier alpha value is -0.820. The van der Waals surface area contributed by atoms with Crippen molar-refractivity contribution < 1.29 is 0 Å². The lowest BCUT2D eigenvalue weighted by Crippen LogP contribution is -2.38. The first-order chi connectivity index (χ1) is 8.11. The van der Waals surface area contributed by atoms with Crippen LogP contribution in [0.2, 0.25) is 0 Å². The highest BCUT2D eigenvalue weighted by atomic mass is 14.9. The normalized spacial score (nSPS) is 15.0. The molecule has 1 aliphatic rings. The van der Waals surface area contributed by atoms with Crippen LogP contribution >= 0.6 is 0 Å². The number of fused-ring (bicyclic) bond motifs is 1. The van der Waals surface area contributed by atoms with E-state index in [1.54, 1.807) is 11.1 Å². The van der Waals surface area contributed by atoms with Crippen LogP contribution in [0.3, 0.4) is 0 Å². The Morgan fingerprint density at radius 1 is 1.18 bits per heavy atom. The summed E-state index contributed by atoms with van der Waals surface area (Å²) >= 11 is 0. The van der Waals surface area contributed by atoms with Gasteiger partial charge in [-0.3, -0.25) is 0 Å². The molecule has 1 aliphatic carbocycles. The van der Waals surface area contributed by atoms with Crippen LogP contribution in [0.5, 0.6) is 0 Å². The quantitative estimate of drug-likeness (QED) is 0.812. The van der Waals surface area contributed by atoms with Crippen molar-refractivity contribution in [3.8, 4) is 0 Å². The molecule has 2 rings (SSSR count). The lowest BCUT2D eigenvalue weighted by molar-refractivity contribution is 0.357. The Morgan fingerprint density at radius 2 is 1.94 bits per heavy atom. The summed E-state index contributed by atoms with van der Waals surface area (Å²) in [6.45, 7) is 7.84. The lowest BCUT2D eigenvalue weighted by atomic mass is 9.98. The molecule has 0 amide bonds. The summed E-state index contributed by atoms with van der Waals surface area (Å²) in [6.07, 6.45) is 6.38. The van der Waals surface area contributed by atoms with Gasteiger partial charge in [-0.1, -0.05) is 31.5 Å². The molecule has 0 atom stereocenters. The van der Waals surface area contributed by atoms with Crippen LogP contribution in [0.4, 0.5) is 0 Å². The van der Waals surface area contributed by atoms with Gasteiger partial charge >= 0.3 is 0 Å². The Bertz CT molecular complexity index is 379. The van der Waals surface area contributed by atoms with Gasteiger partial charge in [-0.2, -0.15) is 0 Å². The molecular formula is C16H25N. The summed E-state index contributed by atoms with van der Waals surface area (Å²) in [4.78, 5) is 0. The maximum Gasteiger partial charge on any atom is 0.0210 e. The van der Waals surface area contributed by atoms with Gasteiger partial charge in [-0.25, -0.2) is 0 Å². The maximum atomic E-state index is 3.67. The average molecular weight is 231 g/mol. The molecule has 1 aromatic carbocycles. The molecule has 0 spiro atoms. The number of nitrogens with one attached hydrogen (secondary N) is 1. The SMILES string of the molecule is CCCC(C)(C)NCc1ccc2c(c1)CCC2. The standard InChI is InChI=1S/C16H25N/c1-4-10-16(2,3)17-12-13-8-9-14-6-5-7-15(14)11-13/h8-9,11,17H,4-7,10,12H2,1-3H3. The third kappa shape index (κ3) is 3.32. The highest BCUT2D eigenvalue weighted by molar-refractivity contribution is 5.35. The molecule has 1 aromatic rings. The Balaban J connectivity index is 1.95. The van der Waals surface area contributed by atoms with Crippen LogP contribution in [0.1, 0.15) is 56.7 Å². The van der Waals surface area contributed by atoms with E-state index in [2.05, 4.69) is 44.3 Å². The van der Waals surface area contributed by atoms with Crippen LogP contribution in [0.15, 0.2) is 18.2 Å². The van der Waals surface area contributed by atoms with Gasteiger partial charge in [0.1, 0.15) is 0 Å². The molecule has 0 aromatic heterocycles. The van der Waals surface area contributed by atoms with E-state index in [0.29, 0.717) is 0 Å². The second kappa shape index (κ2) is 5.22. The fraction of sp³-hybridized carbons (Fsp3) is 0.625. The number of hydrogen-bond acceptors (Lipinski definition) is 1. The van der Waals surface area contributed by atoms with E-state index in [1.165, 1.54) is 37.7 Å². The van der Waals surface area contributed by atoms with Gasteiger partial charge in [0.05, 0.1) is 0 Å². The molecule has 0 saturated carbocycles. The van der Waals surface area contributed by atoms with Crippen molar-refractivity contribution in [2.24, 2.45) is 0 Å². The fourth-order valence-electron chi connectivity index (χ4n) is 2.79. The van der Waals surface area contributed by atoms with Crippen molar-refractivity contribution in [1.29, 1.82) is 0 Å². The van der Waals surface area contributed by atoms with E-state index < -0.39 is 0 Å². The molecule has 1 N–H and O–H groups in total. The smallest absolute Gasteiger partial charge is 0.0210 e. The molecule has 1 nitrogen and oxygen atoms in total. The van der Waals surface area contributed by atoms with Crippen molar-refractivity contribution in [2.75, 3.05) is 0 Å². The first kappa shape index (κ1) is 12.6. The summed E-state index contributed by atoms with van der Waals surface area (Å²) in [5.74, 6) is 0. The van der Waals surface area contributed by atoms with Crippen LogP contribution in [0.25, 0.3) is 0 Å². The number of rotatable bonds is 5. The van der Waals surface area contributed by atoms with Gasteiger partial charge in [-0.05, 0) is 56.2 Å². The predicted molar refractivity (Wildman–Crippen MR) is 74.3 cm³/mol. The van der Waals surface area contributed by atoms with E-state index in [1.807, 2.05) is 0 Å². The fourth-order valence-corrected chi connectivity index (χ4v) is 2.79. The van der Waals surface area contributed by atoms with Gasteiger partial charge in [0.25, 0.3) is 0 Å². The topological polar surface area (TPSA) is 12.0 Å². The van der Waals surface area contributed by atoms with Gasteiger partial charge in [0.15, 0.2) is 0 Å². The monoisotopic (exact) mass is 231 g/mol. The summed E-state index contributed by atoms with van der Waals surface area (Å²) in [6, 6.07) is 7.02. The molecule has 0 bridgehead atoms. The number of benzene rings is 1. The summed E-state index contributed by atoms with van der Waals surface area (Å²) < 4.78 is 0. The van der Waals surface area contributed by atoms with E-state index in [9.17, 15) is 0 Å². The van der Waals surface area contributed by atoms with Crippen molar-refractivity contribution >= 4 is 0 Å². The molecule has 0 heterocycles. The minimum absolute atomic E-state index is 0.258. The zero-order valence-electron chi connectivity index (χ0n) is 11.5. The maximum absolute atomic E-state index is 3.67. The zero-order chi connectivity index (χ0) is 12.3. The minimum Gasteiger partial charge on any atom is -0.308 e. The second-order valence-corrected chi connectivity index (χ2v) is 5.94. The van der Waals surface area contributed by atoms with Gasteiger partial charge < -0.3 is 5.32 Å². The van der Waals surface area contributed by atoms with E-state index >= 15 is 0 Å². The highest BCUT2D eigenvalue weighted by Crippen LogP contribution is 2.23. The Morgan fingerprint density at radius 3 is 2.71 bits per heavy atom. The van der Waals surface area contributed by atoms with Crippen molar-refractivity contribution in [2.45, 2.75) is 65.0 Å². The third-order valence-electron chi connectivity index (χ3n) is 3.81. The third-order valence-corrected chi connectivity index (χ3v) is 3.81. The number of hydrogen-bond donors (Lipinski definition) is 1. The summed E-state index contributed by atoms with van der Waals surface area (Å²) in [5, 5.41) is 3.67. The second-order valence-electron chi connectivity index (χ2n) is 5.94. The zero-order valence-corrected chi connectivity index (χ0v) is 11.5. The summed E-state index contributed by atoms with van der Waals surface area (Å²) in [7, 11) is 0. The molecule has 94 valence electrons. The molecular weight excluding hydrogens is 206 g/mol. The highest BCUT2D eigenvalue weighted by Gasteiger charge is 2.16. The predicted octanol–water partition coefficient (Wildman–Crippen LogP) is 3.84. The molecule has 0 fully saturated rings. The lowest BCUT2D eigenvalue weighted by Gasteiger charge is -2.26. The molecule has 1 heteroatoms. The van der Waals surface area contributed by atoms with Crippen LogP contribution < -0.4 is 5.32 Å². The molecule has 0 radical (unpaired) electrons. The average Bonchev–Trinajstić information content (AvgIpc) is 2.73. The van der Waals surface area contributed by atoms with Crippen LogP contribution in [0, 0.1) is 0 Å². The summed E-state index contributed by atoms with van der Waals surface area (Å²) in [5.41, 5.74) is 4.85. The van der Waals surface area contributed by atoms with E-state index in [-0.39, 0.29) is 5.54 Å². The van der Waals surface area contributed by atoms with Crippen LogP contribution in [-0.4, -0.2) is 5.54 Å². The Labute approximate surface area is 106 Å². The van der Waals surface area contributed by atoms with Gasteiger partial charge in [0, 0.05) is 12.1 Å². The number of aryl methyl sites for hydroxylation is 2. The molecule has 0 saturated heterocycles. The van der Waals surface area contributed by atoms with Gasteiger partial charge in [-0.15, -0.1) is 0 Å². The Kier molecular flexibility index (Phi) is 3.88. The minimum atomic E-state index is 0.258. The molecule has 0 unspecified atom stereocenters. The first-order valence-electron chi connectivity index (χ1n) is 6.96. The van der Waals surface area contributed by atoms with Crippen LogP contribution in [-0.2, 0) is 19.4 Å². The van der Waals surface area contributed by atoms with E-state index in [0.717, 1.165) is 6.54 Å². The first-order valence-corrected chi connectivity index (χ1v) is 6.96. The van der Waals surface area contributed by atoms with Crippen molar-refractivity contribution in [3.63, 3.8) is 0 Å². The molecule has 17 heavy (non-hydrogen) atoms. The van der Waals surface area contributed by atoms with E-state index in [4.69, 9.17) is 0 Å². The van der Waals surface area contributed by atoms with Crippen molar-refractivity contribution in [1.82, 2.24) is 5.32 Å². The largest absolute Gasteiger partial charge is 0.308 e.